The zero-order valence-corrected chi connectivity index (χ0v) is 13.6. The van der Waals surface area contributed by atoms with Gasteiger partial charge in [0, 0.05) is 6.08 Å². The smallest absolute Gasteiger partial charge is 0.344 e. The van der Waals surface area contributed by atoms with Crippen LogP contribution >= 0.6 is 0 Å². The number of rotatable bonds is 5. The maximum atomic E-state index is 9.53. The molecule has 0 aromatic rings. The van der Waals surface area contributed by atoms with Gasteiger partial charge in [-0.1, -0.05) is 0 Å². The van der Waals surface area contributed by atoms with Crippen molar-refractivity contribution in [3.8, 4) is 0 Å². The van der Waals surface area contributed by atoms with Crippen molar-refractivity contribution in [2.45, 2.75) is 59.7 Å². The summed E-state index contributed by atoms with van der Waals surface area (Å²) in [5.74, 6) is -1.78. The SMILES string of the molecule is CC(C)NC(NC(C)C)=[NH+]C(C)C.O=C([O-])/C=C\C(=O)O. The van der Waals surface area contributed by atoms with Gasteiger partial charge in [-0.25, -0.2) is 4.79 Å². The number of hydrogen-bond acceptors (Lipinski definition) is 3. The average Bonchev–Trinajstić information content (AvgIpc) is 2.24. The van der Waals surface area contributed by atoms with Crippen LogP contribution in [0.25, 0.3) is 0 Å². The van der Waals surface area contributed by atoms with Gasteiger partial charge in [0.1, 0.15) is 0 Å². The Kier molecular flexibility index (Phi) is 11.9. The molecule has 4 N–H and O–H groups in total. The topological polar surface area (TPSA) is 115 Å². The van der Waals surface area contributed by atoms with Crippen LogP contribution in [0.4, 0.5) is 0 Å². The maximum absolute atomic E-state index is 9.53. The molecule has 0 bridgehead atoms. The molecule has 7 nitrogen and oxygen atoms in total. The lowest BCUT2D eigenvalue weighted by Gasteiger charge is -2.11. The van der Waals surface area contributed by atoms with Gasteiger partial charge in [-0.15, -0.1) is 0 Å². The number of carboxylic acids is 2. The van der Waals surface area contributed by atoms with Gasteiger partial charge in [0.25, 0.3) is 0 Å². The Hall–Kier alpha value is -2.05. The fraction of sp³-hybridized carbons (Fsp3) is 0.643. The van der Waals surface area contributed by atoms with Crippen molar-refractivity contribution < 1.29 is 24.8 Å². The molecular formula is C14H27N3O4. The zero-order valence-electron chi connectivity index (χ0n) is 13.6. The first kappa shape index (κ1) is 21.3. The van der Waals surface area contributed by atoms with E-state index in [9.17, 15) is 14.7 Å². The fourth-order valence-electron chi connectivity index (χ4n) is 1.13. The molecule has 0 aliphatic rings. The van der Waals surface area contributed by atoms with Crippen LogP contribution in [0.3, 0.4) is 0 Å². The zero-order chi connectivity index (χ0) is 17.0. The summed E-state index contributed by atoms with van der Waals surface area (Å²) in [5.41, 5.74) is 0. The molecule has 7 heteroatoms. The first-order chi connectivity index (χ1) is 9.54. The molecule has 0 heterocycles. The molecule has 0 aliphatic heterocycles. The van der Waals surface area contributed by atoms with Crippen molar-refractivity contribution in [2.75, 3.05) is 0 Å². The molecular weight excluding hydrogens is 274 g/mol. The molecule has 0 aromatic carbocycles. The summed E-state index contributed by atoms with van der Waals surface area (Å²) in [4.78, 5) is 22.3. The minimum absolute atomic E-state index is 0.447. The second kappa shape index (κ2) is 11.7. The second-order valence-corrected chi connectivity index (χ2v) is 5.26. The first-order valence-corrected chi connectivity index (χ1v) is 6.83. The number of guanidine groups is 1. The summed E-state index contributed by atoms with van der Waals surface area (Å²) in [6.45, 7) is 12.8. The minimum atomic E-state index is -1.51. The van der Waals surface area contributed by atoms with E-state index in [1.807, 2.05) is 0 Å². The molecule has 0 rings (SSSR count). The normalized spacial score (nSPS) is 10.3. The van der Waals surface area contributed by atoms with E-state index in [4.69, 9.17) is 5.11 Å². The summed E-state index contributed by atoms with van der Waals surface area (Å²) < 4.78 is 0. The Labute approximate surface area is 126 Å². The molecule has 0 amide bonds. The van der Waals surface area contributed by atoms with E-state index in [0.29, 0.717) is 30.3 Å². The van der Waals surface area contributed by atoms with E-state index >= 15 is 0 Å². The summed E-state index contributed by atoms with van der Waals surface area (Å²) in [7, 11) is 0. The van der Waals surface area contributed by atoms with E-state index in [0.717, 1.165) is 5.96 Å². The molecule has 0 aromatic heterocycles. The van der Waals surface area contributed by atoms with Gasteiger partial charge in [0.05, 0.1) is 24.1 Å². The molecule has 0 aliphatic carbocycles. The Bertz CT molecular complexity index is 346. The van der Waals surface area contributed by atoms with Crippen LogP contribution in [0.5, 0.6) is 0 Å². The van der Waals surface area contributed by atoms with Gasteiger partial charge in [-0.2, -0.15) is 0 Å². The minimum Gasteiger partial charge on any atom is -0.545 e. The molecule has 0 spiro atoms. The third-order valence-corrected chi connectivity index (χ3v) is 1.66. The lowest BCUT2D eigenvalue weighted by atomic mass is 10.3. The highest BCUT2D eigenvalue weighted by Gasteiger charge is 2.10. The predicted molar refractivity (Wildman–Crippen MR) is 79.4 cm³/mol. The Balaban J connectivity index is 0. The Morgan fingerprint density at radius 2 is 1.43 bits per heavy atom. The monoisotopic (exact) mass is 301 g/mol. The van der Waals surface area contributed by atoms with Crippen LogP contribution in [0.1, 0.15) is 41.5 Å². The summed E-state index contributed by atoms with van der Waals surface area (Å²) >= 11 is 0. The van der Waals surface area contributed by atoms with Gasteiger partial charge in [-0.3, -0.25) is 15.6 Å². The van der Waals surface area contributed by atoms with Gasteiger partial charge < -0.3 is 15.0 Å². The lowest BCUT2D eigenvalue weighted by Crippen LogP contribution is -2.84. The van der Waals surface area contributed by atoms with Crippen LogP contribution in [0.2, 0.25) is 0 Å². The molecule has 0 fully saturated rings. The van der Waals surface area contributed by atoms with E-state index in [1.54, 1.807) is 0 Å². The number of carboxylic acid groups (broad SMARTS) is 2. The van der Waals surface area contributed by atoms with E-state index < -0.39 is 11.9 Å². The van der Waals surface area contributed by atoms with Crippen LogP contribution in [0.15, 0.2) is 12.2 Å². The summed E-state index contributed by atoms with van der Waals surface area (Å²) in [6, 6.07) is 1.35. The van der Waals surface area contributed by atoms with Crippen LogP contribution in [0, 0.1) is 0 Å². The number of carbonyl (C=O) groups is 2. The molecule has 0 saturated heterocycles. The highest BCUT2D eigenvalue weighted by Crippen LogP contribution is 1.77. The number of aliphatic carboxylic acids is 2. The van der Waals surface area contributed by atoms with Crippen LogP contribution in [-0.4, -0.2) is 41.1 Å². The Morgan fingerprint density at radius 1 is 1.00 bits per heavy atom. The predicted octanol–water partition coefficient (Wildman–Crippen LogP) is -1.80. The van der Waals surface area contributed by atoms with Crippen molar-refractivity contribution >= 4 is 17.9 Å². The van der Waals surface area contributed by atoms with E-state index in [-0.39, 0.29) is 0 Å². The van der Waals surface area contributed by atoms with Crippen molar-refractivity contribution in [3.63, 3.8) is 0 Å². The van der Waals surface area contributed by atoms with Crippen LogP contribution in [-0.2, 0) is 9.59 Å². The molecule has 0 unspecified atom stereocenters. The fourth-order valence-corrected chi connectivity index (χ4v) is 1.13. The lowest BCUT2D eigenvalue weighted by molar-refractivity contribution is -0.498. The Morgan fingerprint density at radius 3 is 1.62 bits per heavy atom. The van der Waals surface area contributed by atoms with Gasteiger partial charge in [-0.05, 0) is 47.6 Å². The van der Waals surface area contributed by atoms with Crippen molar-refractivity contribution in [1.82, 2.24) is 10.6 Å². The largest absolute Gasteiger partial charge is 0.545 e. The van der Waals surface area contributed by atoms with Crippen molar-refractivity contribution in [2.24, 2.45) is 0 Å². The highest BCUT2D eigenvalue weighted by molar-refractivity contribution is 5.88. The van der Waals surface area contributed by atoms with Crippen molar-refractivity contribution in [1.29, 1.82) is 0 Å². The van der Waals surface area contributed by atoms with E-state index in [1.165, 1.54) is 0 Å². The van der Waals surface area contributed by atoms with E-state index in [2.05, 4.69) is 57.2 Å². The quantitative estimate of drug-likeness (QED) is 0.271. The van der Waals surface area contributed by atoms with Gasteiger partial charge in [0.2, 0.25) is 0 Å². The van der Waals surface area contributed by atoms with Gasteiger partial charge >= 0.3 is 11.9 Å². The molecule has 0 saturated carbocycles. The standard InChI is InChI=1S/C10H23N3.C4H4O4/c1-7(2)11-10(12-8(3)4)13-9(5)6;5-3(6)1-2-4(7)8/h7-9H,1-6H3,(H2,11,12,13);1-2H,(H,5,6)(H,7,8)/b;2-1-. The average molecular weight is 301 g/mol. The molecule has 21 heavy (non-hydrogen) atoms. The van der Waals surface area contributed by atoms with Crippen molar-refractivity contribution in [3.05, 3.63) is 12.2 Å². The number of hydrogen-bond donors (Lipinski definition) is 4. The summed E-state index contributed by atoms with van der Waals surface area (Å²) in [6.07, 6.45) is 0.942. The van der Waals surface area contributed by atoms with Crippen LogP contribution < -0.4 is 20.7 Å². The first-order valence-electron chi connectivity index (χ1n) is 6.83. The third-order valence-electron chi connectivity index (χ3n) is 1.66. The molecule has 0 atom stereocenters. The maximum Gasteiger partial charge on any atom is 0.344 e. The third kappa shape index (κ3) is 20.4. The van der Waals surface area contributed by atoms with Gasteiger partial charge in [0.15, 0.2) is 0 Å². The molecule has 0 radical (unpaired) electrons. The number of nitrogens with one attached hydrogen (secondary N) is 3. The summed E-state index contributed by atoms with van der Waals surface area (Å²) in [5, 5.41) is 23.9. The second-order valence-electron chi connectivity index (χ2n) is 5.26. The highest BCUT2D eigenvalue weighted by atomic mass is 16.4. The molecule has 122 valence electrons. The number of carbonyl (C=O) groups excluding carboxylic acids is 1.